The molecule has 1 fully saturated rings. The molecule has 5 nitrogen and oxygen atoms in total. The smallest absolute Gasteiger partial charge is 0.303 e. The summed E-state index contributed by atoms with van der Waals surface area (Å²) in [6.45, 7) is 4.72. The maximum Gasteiger partial charge on any atom is 0.303 e. The Morgan fingerprint density at radius 1 is 1.13 bits per heavy atom. The molecular formula is C18H31NO4. The molecule has 0 aromatic rings. The Kier molecular flexibility index (Phi) is 8.89. The van der Waals surface area contributed by atoms with Crippen LogP contribution in [0.3, 0.4) is 0 Å². The number of amides is 2. The van der Waals surface area contributed by atoms with E-state index < -0.39 is 5.97 Å². The largest absolute Gasteiger partial charge is 0.481 e. The first kappa shape index (κ1) is 19.7. The van der Waals surface area contributed by atoms with E-state index in [-0.39, 0.29) is 24.2 Å². The Morgan fingerprint density at radius 3 is 2.48 bits per heavy atom. The minimum Gasteiger partial charge on any atom is -0.481 e. The van der Waals surface area contributed by atoms with Gasteiger partial charge in [-0.2, -0.15) is 0 Å². The second-order valence-corrected chi connectivity index (χ2v) is 6.59. The van der Waals surface area contributed by atoms with Gasteiger partial charge in [0, 0.05) is 19.4 Å². The Hall–Kier alpha value is -1.39. The normalized spacial score (nSPS) is 19.4. The van der Waals surface area contributed by atoms with Gasteiger partial charge in [0.05, 0.1) is 5.92 Å². The number of hydrogen-bond donors (Lipinski definition) is 1. The number of carbonyl (C=O) groups is 3. The van der Waals surface area contributed by atoms with Gasteiger partial charge in [-0.1, -0.05) is 39.5 Å². The van der Waals surface area contributed by atoms with Gasteiger partial charge in [0.15, 0.2) is 0 Å². The highest BCUT2D eigenvalue weighted by atomic mass is 16.4. The Labute approximate surface area is 139 Å². The molecule has 1 N–H and O–H groups in total. The monoisotopic (exact) mass is 325 g/mol. The van der Waals surface area contributed by atoms with Crippen molar-refractivity contribution in [3.8, 4) is 0 Å². The van der Waals surface area contributed by atoms with Crippen molar-refractivity contribution >= 4 is 17.8 Å². The van der Waals surface area contributed by atoms with E-state index in [0.717, 1.165) is 38.5 Å². The molecule has 1 heterocycles. The summed E-state index contributed by atoms with van der Waals surface area (Å²) < 4.78 is 0. The molecule has 0 radical (unpaired) electrons. The number of likely N-dealkylation sites (tertiary alicyclic amines) is 1. The van der Waals surface area contributed by atoms with Crippen LogP contribution in [0.2, 0.25) is 0 Å². The fourth-order valence-electron chi connectivity index (χ4n) is 3.42. The van der Waals surface area contributed by atoms with Crippen LogP contribution in [0.15, 0.2) is 0 Å². The molecule has 2 amide bonds. The van der Waals surface area contributed by atoms with Crippen LogP contribution in [0.1, 0.15) is 78.1 Å². The lowest BCUT2D eigenvalue weighted by Gasteiger charge is -2.22. The lowest BCUT2D eigenvalue weighted by Crippen LogP contribution is -2.33. The van der Waals surface area contributed by atoms with E-state index in [1.54, 1.807) is 0 Å². The molecule has 1 saturated heterocycles. The predicted molar refractivity (Wildman–Crippen MR) is 88.9 cm³/mol. The number of rotatable bonds is 12. The van der Waals surface area contributed by atoms with Gasteiger partial charge in [-0.05, 0) is 31.6 Å². The van der Waals surface area contributed by atoms with Crippen LogP contribution in [0.5, 0.6) is 0 Å². The van der Waals surface area contributed by atoms with Gasteiger partial charge in [0.25, 0.3) is 0 Å². The van der Waals surface area contributed by atoms with Gasteiger partial charge in [0.1, 0.15) is 0 Å². The molecule has 0 aromatic heterocycles. The van der Waals surface area contributed by atoms with Crippen LogP contribution in [-0.2, 0) is 14.4 Å². The van der Waals surface area contributed by atoms with E-state index in [0.29, 0.717) is 31.7 Å². The maximum absolute atomic E-state index is 12.6. The first-order valence-corrected chi connectivity index (χ1v) is 9.07. The molecule has 1 aliphatic heterocycles. The van der Waals surface area contributed by atoms with E-state index in [1.807, 2.05) is 0 Å². The first-order chi connectivity index (χ1) is 11.0. The molecule has 2 atom stereocenters. The van der Waals surface area contributed by atoms with Crippen LogP contribution in [0.4, 0.5) is 0 Å². The second kappa shape index (κ2) is 10.4. The summed E-state index contributed by atoms with van der Waals surface area (Å²) >= 11 is 0. The van der Waals surface area contributed by atoms with Crippen molar-refractivity contribution in [1.29, 1.82) is 0 Å². The van der Waals surface area contributed by atoms with Crippen molar-refractivity contribution in [2.75, 3.05) is 6.54 Å². The van der Waals surface area contributed by atoms with E-state index in [1.165, 1.54) is 4.90 Å². The molecule has 0 saturated carbocycles. The number of aliphatic carboxylic acids is 1. The lowest BCUT2D eigenvalue weighted by atomic mass is 9.83. The molecule has 0 aliphatic carbocycles. The third-order valence-electron chi connectivity index (χ3n) is 4.71. The number of nitrogens with zero attached hydrogens (tertiary/aromatic N) is 1. The summed E-state index contributed by atoms with van der Waals surface area (Å²) in [7, 11) is 0. The van der Waals surface area contributed by atoms with Crippen molar-refractivity contribution in [2.24, 2.45) is 11.8 Å². The zero-order chi connectivity index (χ0) is 17.2. The number of carboxylic acids is 1. The summed E-state index contributed by atoms with van der Waals surface area (Å²) in [5.41, 5.74) is 0. The average molecular weight is 325 g/mol. The predicted octanol–water partition coefficient (Wildman–Crippen LogP) is 3.61. The SMILES string of the molecule is CCCCC(CCC)C1CC(=O)N(CCCCCC(=O)O)C1=O. The van der Waals surface area contributed by atoms with Gasteiger partial charge in [0.2, 0.25) is 11.8 Å². The fourth-order valence-corrected chi connectivity index (χ4v) is 3.42. The van der Waals surface area contributed by atoms with Crippen LogP contribution >= 0.6 is 0 Å². The van der Waals surface area contributed by atoms with Gasteiger partial charge in [-0.15, -0.1) is 0 Å². The van der Waals surface area contributed by atoms with Crippen LogP contribution in [-0.4, -0.2) is 34.3 Å². The van der Waals surface area contributed by atoms with Gasteiger partial charge < -0.3 is 5.11 Å². The minimum absolute atomic E-state index is 0.00258. The first-order valence-electron chi connectivity index (χ1n) is 9.07. The van der Waals surface area contributed by atoms with E-state index >= 15 is 0 Å². The van der Waals surface area contributed by atoms with Crippen molar-refractivity contribution < 1.29 is 19.5 Å². The highest BCUT2D eigenvalue weighted by molar-refractivity contribution is 6.03. The molecule has 1 rings (SSSR count). The van der Waals surface area contributed by atoms with Gasteiger partial charge in [-0.3, -0.25) is 19.3 Å². The third kappa shape index (κ3) is 6.32. The topological polar surface area (TPSA) is 74.7 Å². The number of carboxylic acid groups (broad SMARTS) is 1. The van der Waals surface area contributed by atoms with Crippen molar-refractivity contribution in [1.82, 2.24) is 4.90 Å². The molecule has 0 bridgehead atoms. The average Bonchev–Trinajstić information content (AvgIpc) is 2.78. The van der Waals surface area contributed by atoms with E-state index in [4.69, 9.17) is 5.11 Å². The lowest BCUT2D eigenvalue weighted by molar-refractivity contribution is -0.140. The third-order valence-corrected chi connectivity index (χ3v) is 4.71. The zero-order valence-corrected chi connectivity index (χ0v) is 14.6. The quantitative estimate of drug-likeness (QED) is 0.439. The summed E-state index contributed by atoms with van der Waals surface area (Å²) in [5.74, 6) is -0.642. The standard InChI is InChI=1S/C18H31NO4/c1-3-5-10-14(9-4-2)15-13-16(20)19(18(15)23)12-8-6-7-11-17(21)22/h14-15H,3-13H2,1-2H3,(H,21,22). The van der Waals surface area contributed by atoms with Crippen LogP contribution in [0, 0.1) is 11.8 Å². The number of unbranched alkanes of at least 4 members (excludes halogenated alkanes) is 3. The summed E-state index contributed by atoms with van der Waals surface area (Å²) in [5, 5.41) is 8.61. The van der Waals surface area contributed by atoms with E-state index in [2.05, 4.69) is 13.8 Å². The molecule has 5 heteroatoms. The molecule has 1 aliphatic rings. The van der Waals surface area contributed by atoms with Crippen molar-refractivity contribution in [3.05, 3.63) is 0 Å². The number of hydrogen-bond acceptors (Lipinski definition) is 3. The molecule has 0 aromatic carbocycles. The number of imide groups is 1. The Balaban J connectivity index is 2.49. The zero-order valence-electron chi connectivity index (χ0n) is 14.6. The van der Waals surface area contributed by atoms with Crippen LogP contribution < -0.4 is 0 Å². The molecule has 23 heavy (non-hydrogen) atoms. The molecule has 2 unspecified atom stereocenters. The van der Waals surface area contributed by atoms with Gasteiger partial charge >= 0.3 is 5.97 Å². The molecule has 132 valence electrons. The fraction of sp³-hybridized carbons (Fsp3) is 0.833. The highest BCUT2D eigenvalue weighted by Crippen LogP contribution is 2.33. The number of carbonyl (C=O) groups excluding carboxylic acids is 2. The van der Waals surface area contributed by atoms with Crippen molar-refractivity contribution in [3.63, 3.8) is 0 Å². The Morgan fingerprint density at radius 2 is 1.87 bits per heavy atom. The second-order valence-electron chi connectivity index (χ2n) is 6.59. The minimum atomic E-state index is -0.795. The maximum atomic E-state index is 12.6. The Bertz CT molecular complexity index is 408. The summed E-state index contributed by atoms with van der Waals surface area (Å²) in [6.07, 6.45) is 7.86. The highest BCUT2D eigenvalue weighted by Gasteiger charge is 2.41. The van der Waals surface area contributed by atoms with Crippen molar-refractivity contribution in [2.45, 2.75) is 78.1 Å². The molecule has 0 spiro atoms. The van der Waals surface area contributed by atoms with Gasteiger partial charge in [-0.25, -0.2) is 0 Å². The van der Waals surface area contributed by atoms with E-state index in [9.17, 15) is 14.4 Å². The molecular weight excluding hydrogens is 294 g/mol. The summed E-state index contributed by atoms with van der Waals surface area (Å²) in [4.78, 5) is 36.6. The van der Waals surface area contributed by atoms with Crippen LogP contribution in [0.25, 0.3) is 0 Å². The summed E-state index contributed by atoms with van der Waals surface area (Å²) in [6, 6.07) is 0.